The van der Waals surface area contributed by atoms with E-state index in [1.807, 2.05) is 0 Å². The number of hydrogen-bond donors (Lipinski definition) is 1. The molecule has 0 heterocycles. The Kier molecular flexibility index (Phi) is 4.90. The Morgan fingerprint density at radius 2 is 1.65 bits per heavy atom. The van der Waals surface area contributed by atoms with Gasteiger partial charge in [-0.15, -0.1) is 0 Å². The van der Waals surface area contributed by atoms with E-state index in [1.54, 1.807) is 6.42 Å². The van der Waals surface area contributed by atoms with E-state index in [4.69, 9.17) is 0 Å². The zero-order valence-electron chi connectivity index (χ0n) is 11.9. The first-order chi connectivity index (χ1) is 8.29. The summed E-state index contributed by atoms with van der Waals surface area (Å²) in [6.45, 7) is 3.57. The Hall–Kier alpha value is -0.0400. The van der Waals surface area contributed by atoms with E-state index in [9.17, 15) is 0 Å². The minimum Gasteiger partial charge on any atom is -0.319 e. The Morgan fingerprint density at radius 1 is 1.00 bits per heavy atom. The molecule has 1 heteroatoms. The van der Waals surface area contributed by atoms with Gasteiger partial charge in [0.05, 0.1) is 0 Å². The summed E-state index contributed by atoms with van der Waals surface area (Å²) < 4.78 is 0. The third kappa shape index (κ3) is 3.71. The predicted molar refractivity (Wildman–Crippen MR) is 75.2 cm³/mol. The molecule has 0 aromatic heterocycles. The fourth-order valence-electron chi connectivity index (χ4n) is 4.10. The lowest BCUT2D eigenvalue weighted by Gasteiger charge is -2.31. The van der Waals surface area contributed by atoms with Crippen LogP contribution in [0.2, 0.25) is 0 Å². The van der Waals surface area contributed by atoms with Gasteiger partial charge in [0, 0.05) is 6.54 Å². The van der Waals surface area contributed by atoms with Crippen molar-refractivity contribution in [3.8, 4) is 0 Å². The Morgan fingerprint density at radius 3 is 2.29 bits per heavy atom. The van der Waals surface area contributed by atoms with Gasteiger partial charge >= 0.3 is 0 Å². The molecule has 0 bridgehead atoms. The van der Waals surface area contributed by atoms with Crippen LogP contribution in [0.4, 0.5) is 0 Å². The van der Waals surface area contributed by atoms with Gasteiger partial charge in [0.25, 0.3) is 0 Å². The van der Waals surface area contributed by atoms with Gasteiger partial charge in [-0.1, -0.05) is 45.4 Å². The number of fused-ring (bicyclic) bond motifs is 1. The third-order valence-corrected chi connectivity index (χ3v) is 5.07. The van der Waals surface area contributed by atoms with E-state index in [-0.39, 0.29) is 0 Å². The van der Waals surface area contributed by atoms with Gasteiger partial charge in [-0.25, -0.2) is 0 Å². The molecule has 2 atom stereocenters. The molecule has 0 spiro atoms. The van der Waals surface area contributed by atoms with Gasteiger partial charge < -0.3 is 5.32 Å². The standard InChI is InChI=1S/C16H31N/c1-3-4-5-6-7-8-9-16(13-17-2)11-14-10-15(14)12-16/h14-15,17H,3-13H2,1-2H3. The predicted octanol–water partition coefficient (Wildman–Crippen LogP) is 4.37. The van der Waals surface area contributed by atoms with E-state index >= 15 is 0 Å². The first-order valence-electron chi connectivity index (χ1n) is 7.94. The summed E-state index contributed by atoms with van der Waals surface area (Å²) in [6, 6.07) is 0. The third-order valence-electron chi connectivity index (χ3n) is 5.07. The molecule has 0 amide bonds. The van der Waals surface area contributed by atoms with E-state index in [1.165, 1.54) is 64.3 Å². The highest BCUT2D eigenvalue weighted by Crippen LogP contribution is 2.61. The van der Waals surface area contributed by atoms with E-state index < -0.39 is 0 Å². The van der Waals surface area contributed by atoms with Crippen molar-refractivity contribution in [3.63, 3.8) is 0 Å². The molecule has 2 aliphatic rings. The minimum atomic E-state index is 0.701. The molecule has 2 rings (SSSR count). The maximum absolute atomic E-state index is 3.45. The molecule has 100 valence electrons. The number of nitrogens with one attached hydrogen (secondary N) is 1. The van der Waals surface area contributed by atoms with Crippen molar-refractivity contribution in [3.05, 3.63) is 0 Å². The second-order valence-corrected chi connectivity index (χ2v) is 6.71. The van der Waals surface area contributed by atoms with Gasteiger partial charge in [-0.2, -0.15) is 0 Å². The molecule has 17 heavy (non-hydrogen) atoms. The molecule has 2 unspecified atom stereocenters. The zero-order valence-corrected chi connectivity index (χ0v) is 11.9. The molecule has 0 saturated heterocycles. The van der Waals surface area contributed by atoms with E-state index in [0.29, 0.717) is 5.41 Å². The molecule has 2 aliphatic carbocycles. The van der Waals surface area contributed by atoms with Crippen LogP contribution < -0.4 is 5.32 Å². The molecule has 0 aliphatic heterocycles. The molecule has 2 saturated carbocycles. The second-order valence-electron chi connectivity index (χ2n) is 6.71. The van der Waals surface area contributed by atoms with E-state index in [0.717, 1.165) is 11.8 Å². The second kappa shape index (κ2) is 6.22. The summed E-state index contributed by atoms with van der Waals surface area (Å²) in [5.41, 5.74) is 0.701. The highest BCUT2D eigenvalue weighted by molar-refractivity contribution is 5.03. The maximum Gasteiger partial charge on any atom is 0.000501 e. The van der Waals surface area contributed by atoms with Crippen LogP contribution in [0.5, 0.6) is 0 Å². The SMILES string of the molecule is CCCCCCCCC1(CNC)CC2CC2C1. The van der Waals surface area contributed by atoms with Gasteiger partial charge in [0.15, 0.2) is 0 Å². The zero-order chi connectivity index (χ0) is 12.1. The Labute approximate surface area is 108 Å². The van der Waals surface area contributed by atoms with Gasteiger partial charge in [-0.3, -0.25) is 0 Å². The highest BCUT2D eigenvalue weighted by atomic mass is 14.8. The average molecular weight is 237 g/mol. The lowest BCUT2D eigenvalue weighted by molar-refractivity contribution is 0.227. The molecule has 0 radical (unpaired) electrons. The summed E-state index contributed by atoms with van der Waals surface area (Å²) in [4.78, 5) is 0. The monoisotopic (exact) mass is 237 g/mol. The van der Waals surface area contributed by atoms with Gasteiger partial charge in [-0.05, 0) is 50.0 Å². The van der Waals surface area contributed by atoms with Crippen molar-refractivity contribution in [1.82, 2.24) is 5.32 Å². The molecule has 0 aromatic carbocycles. The van der Waals surface area contributed by atoms with Crippen LogP contribution >= 0.6 is 0 Å². The van der Waals surface area contributed by atoms with Crippen LogP contribution in [-0.2, 0) is 0 Å². The topological polar surface area (TPSA) is 12.0 Å². The van der Waals surface area contributed by atoms with Crippen LogP contribution in [0.3, 0.4) is 0 Å². The fraction of sp³-hybridized carbons (Fsp3) is 1.00. The Bertz CT molecular complexity index is 214. The van der Waals surface area contributed by atoms with Crippen molar-refractivity contribution < 1.29 is 0 Å². The van der Waals surface area contributed by atoms with Crippen molar-refractivity contribution in [2.75, 3.05) is 13.6 Å². The minimum absolute atomic E-state index is 0.701. The first-order valence-corrected chi connectivity index (χ1v) is 7.94. The summed E-state index contributed by atoms with van der Waals surface area (Å²) >= 11 is 0. The van der Waals surface area contributed by atoms with E-state index in [2.05, 4.69) is 19.3 Å². The molecular formula is C16H31N. The summed E-state index contributed by atoms with van der Waals surface area (Å²) in [6.07, 6.45) is 14.8. The number of unbranched alkanes of at least 4 members (excludes halogenated alkanes) is 5. The van der Waals surface area contributed by atoms with Crippen LogP contribution in [-0.4, -0.2) is 13.6 Å². The average Bonchev–Trinajstić information content (AvgIpc) is 2.93. The highest BCUT2D eigenvalue weighted by Gasteiger charge is 2.52. The maximum atomic E-state index is 3.45. The van der Waals surface area contributed by atoms with Crippen LogP contribution in [0.25, 0.3) is 0 Å². The Balaban J connectivity index is 1.61. The lowest BCUT2D eigenvalue weighted by atomic mass is 9.78. The lowest BCUT2D eigenvalue weighted by Crippen LogP contribution is -2.31. The molecular weight excluding hydrogens is 206 g/mol. The van der Waals surface area contributed by atoms with Gasteiger partial charge in [0.1, 0.15) is 0 Å². The molecule has 0 aromatic rings. The quantitative estimate of drug-likeness (QED) is 0.587. The molecule has 2 fully saturated rings. The van der Waals surface area contributed by atoms with Gasteiger partial charge in [0.2, 0.25) is 0 Å². The number of hydrogen-bond acceptors (Lipinski definition) is 1. The number of rotatable bonds is 9. The van der Waals surface area contributed by atoms with Crippen LogP contribution in [0.1, 0.15) is 71.1 Å². The molecule has 1 nitrogen and oxygen atoms in total. The van der Waals surface area contributed by atoms with Crippen molar-refractivity contribution in [2.45, 2.75) is 71.1 Å². The smallest absolute Gasteiger partial charge is 0.000501 e. The molecule has 1 N–H and O–H groups in total. The van der Waals surface area contributed by atoms with Crippen molar-refractivity contribution in [2.24, 2.45) is 17.3 Å². The summed E-state index contributed by atoms with van der Waals surface area (Å²) in [5, 5.41) is 3.45. The van der Waals surface area contributed by atoms with Crippen LogP contribution in [0, 0.1) is 17.3 Å². The van der Waals surface area contributed by atoms with Crippen LogP contribution in [0.15, 0.2) is 0 Å². The fourth-order valence-corrected chi connectivity index (χ4v) is 4.10. The van der Waals surface area contributed by atoms with Crippen molar-refractivity contribution >= 4 is 0 Å². The summed E-state index contributed by atoms with van der Waals surface area (Å²) in [5.74, 6) is 2.26. The summed E-state index contributed by atoms with van der Waals surface area (Å²) in [7, 11) is 2.13. The first kappa shape index (κ1) is 13.4. The van der Waals surface area contributed by atoms with Crippen molar-refractivity contribution in [1.29, 1.82) is 0 Å². The normalized spacial score (nSPS) is 34.9. The largest absolute Gasteiger partial charge is 0.319 e.